The Kier molecular flexibility index (Phi) is 8.31. The zero-order chi connectivity index (χ0) is 29.1. The van der Waals surface area contributed by atoms with Crippen molar-refractivity contribution in [3.63, 3.8) is 0 Å². The van der Waals surface area contributed by atoms with E-state index in [1.165, 1.54) is 17.7 Å². The van der Waals surface area contributed by atoms with Crippen LogP contribution in [0.5, 0.6) is 0 Å². The first-order valence-electron chi connectivity index (χ1n) is 14.1. The fraction of sp³-hybridized carbons (Fsp3) is 0.333. The fourth-order valence-electron chi connectivity index (χ4n) is 5.58. The Hall–Kier alpha value is -4.30. The molecule has 1 aliphatic rings. The van der Waals surface area contributed by atoms with Crippen LogP contribution in [0.25, 0.3) is 22.2 Å². The number of fused-ring (bicyclic) bond motifs is 1. The number of para-hydroxylation sites is 1. The molecule has 1 fully saturated rings. The van der Waals surface area contributed by atoms with Crippen molar-refractivity contribution in [1.29, 1.82) is 0 Å². The van der Waals surface area contributed by atoms with Gasteiger partial charge >= 0.3 is 0 Å². The van der Waals surface area contributed by atoms with Crippen molar-refractivity contribution in [3.05, 3.63) is 93.9 Å². The van der Waals surface area contributed by atoms with Gasteiger partial charge in [-0.1, -0.05) is 42.5 Å². The van der Waals surface area contributed by atoms with Crippen LogP contribution in [0, 0.1) is 13.8 Å². The van der Waals surface area contributed by atoms with E-state index in [1.54, 1.807) is 4.90 Å². The lowest BCUT2D eigenvalue weighted by Crippen LogP contribution is -2.41. The molecule has 1 unspecified atom stereocenters. The summed E-state index contributed by atoms with van der Waals surface area (Å²) >= 11 is 0. The summed E-state index contributed by atoms with van der Waals surface area (Å²) in [7, 11) is 1.83. The average Bonchev–Trinajstić information content (AvgIpc) is 3.47. The molecule has 0 spiro atoms. The molecule has 1 saturated heterocycles. The number of carbonyl (C=O) groups excluding carboxylic acids is 2. The Morgan fingerprint density at radius 2 is 1.68 bits per heavy atom. The summed E-state index contributed by atoms with van der Waals surface area (Å²) in [5.74, 6) is -0.256. The molecule has 1 atom stereocenters. The smallest absolute Gasteiger partial charge is 0.269 e. The molecular weight excluding hydrogens is 514 g/mol. The fourth-order valence-corrected chi connectivity index (χ4v) is 5.58. The second-order valence-corrected chi connectivity index (χ2v) is 11.0. The first kappa shape index (κ1) is 28.2. The van der Waals surface area contributed by atoms with E-state index in [9.17, 15) is 14.4 Å². The predicted molar refractivity (Wildman–Crippen MR) is 163 cm³/mol. The molecule has 1 N–H and O–H groups in total. The minimum atomic E-state index is -0.291. The van der Waals surface area contributed by atoms with Gasteiger partial charge in [0.25, 0.3) is 5.56 Å². The van der Waals surface area contributed by atoms with Crippen LogP contribution in [0.1, 0.15) is 42.5 Å². The zero-order valence-electron chi connectivity index (χ0n) is 24.2. The molecule has 4 aromatic rings. The molecule has 1 aliphatic heterocycles. The standard InChI is InChI=1S/C33H37N5O3/c1-22-17-29-30(18-23(22)2)38(32(40)19-34-29)21-33(41)36(4)31(20-37-15-7-8-16-37)26-13-11-25(12-14-26)27-9-5-6-10-28(27)35-24(3)39/h5-6,9-14,17-19,31H,7-8,15-16,20-21H2,1-4H3,(H,35,39). The van der Waals surface area contributed by atoms with Gasteiger partial charge in [0.1, 0.15) is 6.54 Å². The van der Waals surface area contributed by atoms with Crippen LogP contribution in [0.3, 0.4) is 0 Å². The van der Waals surface area contributed by atoms with Gasteiger partial charge in [-0.25, -0.2) is 4.98 Å². The lowest BCUT2D eigenvalue weighted by molar-refractivity contribution is -0.133. The highest BCUT2D eigenvalue weighted by Crippen LogP contribution is 2.31. The Morgan fingerprint density at radius 3 is 2.39 bits per heavy atom. The number of nitrogens with zero attached hydrogens (tertiary/aromatic N) is 4. The lowest BCUT2D eigenvalue weighted by Gasteiger charge is -2.32. The van der Waals surface area contributed by atoms with Crippen molar-refractivity contribution < 1.29 is 9.59 Å². The van der Waals surface area contributed by atoms with Crippen molar-refractivity contribution in [2.45, 2.75) is 46.2 Å². The van der Waals surface area contributed by atoms with E-state index < -0.39 is 0 Å². The van der Waals surface area contributed by atoms with E-state index in [0.717, 1.165) is 59.4 Å². The summed E-state index contributed by atoms with van der Waals surface area (Å²) in [4.78, 5) is 46.8. The highest BCUT2D eigenvalue weighted by molar-refractivity contribution is 5.94. The molecule has 3 aromatic carbocycles. The van der Waals surface area contributed by atoms with Gasteiger partial charge in [0.05, 0.1) is 23.3 Å². The summed E-state index contributed by atoms with van der Waals surface area (Å²) in [5.41, 5.74) is 6.91. The van der Waals surface area contributed by atoms with Gasteiger partial charge in [-0.05, 0) is 80.2 Å². The Labute approximate surface area is 240 Å². The minimum Gasteiger partial charge on any atom is -0.336 e. The van der Waals surface area contributed by atoms with Crippen molar-refractivity contribution in [2.24, 2.45) is 0 Å². The molecule has 212 valence electrons. The maximum atomic E-state index is 13.8. The maximum Gasteiger partial charge on any atom is 0.269 e. The van der Waals surface area contributed by atoms with Crippen LogP contribution in [0.2, 0.25) is 0 Å². The maximum absolute atomic E-state index is 13.8. The molecule has 2 heterocycles. The Balaban J connectivity index is 1.44. The van der Waals surface area contributed by atoms with Gasteiger partial charge in [-0.15, -0.1) is 0 Å². The van der Waals surface area contributed by atoms with Crippen LogP contribution in [-0.2, 0) is 16.1 Å². The second kappa shape index (κ2) is 12.1. The van der Waals surface area contributed by atoms with Crippen molar-refractivity contribution in [2.75, 3.05) is 32.0 Å². The van der Waals surface area contributed by atoms with Crippen LogP contribution >= 0.6 is 0 Å². The number of aryl methyl sites for hydroxylation is 2. The Morgan fingerprint density at radius 1 is 1.00 bits per heavy atom. The number of hydrogen-bond acceptors (Lipinski definition) is 5. The monoisotopic (exact) mass is 551 g/mol. The summed E-state index contributed by atoms with van der Waals surface area (Å²) < 4.78 is 1.53. The van der Waals surface area contributed by atoms with Crippen LogP contribution in [-0.4, -0.2) is 57.8 Å². The van der Waals surface area contributed by atoms with Crippen LogP contribution < -0.4 is 10.9 Å². The normalized spacial score (nSPS) is 14.2. The van der Waals surface area contributed by atoms with E-state index >= 15 is 0 Å². The van der Waals surface area contributed by atoms with Gasteiger partial charge in [0.15, 0.2) is 0 Å². The zero-order valence-corrected chi connectivity index (χ0v) is 24.2. The average molecular weight is 552 g/mol. The molecule has 8 nitrogen and oxygen atoms in total. The predicted octanol–water partition coefficient (Wildman–Crippen LogP) is 4.93. The first-order chi connectivity index (χ1) is 19.7. The molecule has 8 heteroatoms. The summed E-state index contributed by atoms with van der Waals surface area (Å²) in [6.07, 6.45) is 3.60. The van der Waals surface area contributed by atoms with Crippen LogP contribution in [0.15, 0.2) is 71.7 Å². The van der Waals surface area contributed by atoms with Crippen LogP contribution in [0.4, 0.5) is 5.69 Å². The first-order valence-corrected chi connectivity index (χ1v) is 14.1. The number of likely N-dealkylation sites (N-methyl/N-ethyl adjacent to an activating group) is 1. The molecule has 41 heavy (non-hydrogen) atoms. The summed E-state index contributed by atoms with van der Waals surface area (Å²) in [6, 6.07) is 19.6. The third-order valence-corrected chi connectivity index (χ3v) is 8.09. The SMILES string of the molecule is CC(=O)Nc1ccccc1-c1ccc(C(CN2CCCC2)N(C)C(=O)Cn2c(=O)cnc3cc(C)c(C)cc32)cc1. The number of likely N-dealkylation sites (tertiary alicyclic amines) is 1. The molecule has 0 radical (unpaired) electrons. The van der Waals surface area contributed by atoms with Gasteiger partial charge in [-0.3, -0.25) is 19.0 Å². The van der Waals surface area contributed by atoms with Crippen molar-refractivity contribution in [1.82, 2.24) is 19.4 Å². The van der Waals surface area contributed by atoms with E-state index in [1.807, 2.05) is 69.4 Å². The van der Waals surface area contributed by atoms with Crippen molar-refractivity contribution in [3.8, 4) is 11.1 Å². The number of aromatic nitrogens is 2. The van der Waals surface area contributed by atoms with E-state index in [0.29, 0.717) is 17.6 Å². The molecule has 1 aromatic heterocycles. The minimum absolute atomic E-state index is 0.0600. The van der Waals surface area contributed by atoms with E-state index in [-0.39, 0.29) is 30.0 Å². The van der Waals surface area contributed by atoms with Gasteiger partial charge in [0, 0.05) is 31.8 Å². The molecule has 0 aliphatic carbocycles. The van der Waals surface area contributed by atoms with E-state index in [4.69, 9.17) is 0 Å². The van der Waals surface area contributed by atoms with E-state index in [2.05, 4.69) is 27.3 Å². The summed E-state index contributed by atoms with van der Waals surface area (Å²) in [6.45, 7) is 8.18. The largest absolute Gasteiger partial charge is 0.336 e. The van der Waals surface area contributed by atoms with Crippen molar-refractivity contribution >= 4 is 28.5 Å². The number of nitrogens with one attached hydrogen (secondary N) is 1. The highest BCUT2D eigenvalue weighted by Gasteiger charge is 2.26. The number of anilines is 1. The molecule has 2 amide bonds. The second-order valence-electron chi connectivity index (χ2n) is 11.0. The van der Waals surface area contributed by atoms with Gasteiger partial charge < -0.3 is 15.1 Å². The van der Waals surface area contributed by atoms with Gasteiger partial charge in [-0.2, -0.15) is 0 Å². The molecule has 0 bridgehead atoms. The summed E-state index contributed by atoms with van der Waals surface area (Å²) in [5, 5.41) is 2.91. The molecular formula is C33H37N5O3. The van der Waals surface area contributed by atoms with Gasteiger partial charge in [0.2, 0.25) is 11.8 Å². The lowest BCUT2D eigenvalue weighted by atomic mass is 9.98. The number of rotatable bonds is 8. The third-order valence-electron chi connectivity index (χ3n) is 8.09. The quantitative estimate of drug-likeness (QED) is 0.335. The highest BCUT2D eigenvalue weighted by atomic mass is 16.2. The molecule has 0 saturated carbocycles. The number of amides is 2. The molecule has 5 rings (SSSR count). The Bertz CT molecular complexity index is 1640. The number of hydrogen-bond donors (Lipinski definition) is 1. The third kappa shape index (κ3) is 6.23. The number of carbonyl (C=O) groups is 2. The number of benzene rings is 3. The topological polar surface area (TPSA) is 87.5 Å².